The molecule has 0 saturated heterocycles. The Morgan fingerprint density at radius 1 is 1.33 bits per heavy atom. The van der Waals surface area contributed by atoms with Crippen molar-refractivity contribution in [2.24, 2.45) is 0 Å². The van der Waals surface area contributed by atoms with Crippen LogP contribution in [0.15, 0.2) is 29.2 Å². The quantitative estimate of drug-likeness (QED) is 0.718. The summed E-state index contributed by atoms with van der Waals surface area (Å²) in [5.41, 5.74) is 1.16. The first-order valence-corrected chi connectivity index (χ1v) is 4.93. The molecule has 0 aromatic heterocycles. The van der Waals surface area contributed by atoms with E-state index in [0.29, 0.717) is 6.61 Å². The Kier molecular flexibility index (Phi) is 3.44. The lowest BCUT2D eigenvalue weighted by atomic mass is 10.2. The van der Waals surface area contributed by atoms with Gasteiger partial charge < -0.3 is 0 Å². The highest BCUT2D eigenvalue weighted by molar-refractivity contribution is 7.80. The maximum absolute atomic E-state index is 11.2. The van der Waals surface area contributed by atoms with Crippen LogP contribution in [0, 0.1) is 6.92 Å². The maximum Gasteiger partial charge on any atom is 0.189 e. The van der Waals surface area contributed by atoms with Crippen molar-refractivity contribution in [2.75, 3.05) is 6.61 Å². The summed E-state index contributed by atoms with van der Waals surface area (Å²) in [7, 11) is 0. The third-order valence-electron chi connectivity index (χ3n) is 1.44. The van der Waals surface area contributed by atoms with Gasteiger partial charge in [-0.25, -0.2) is 4.21 Å². The van der Waals surface area contributed by atoms with Crippen molar-refractivity contribution >= 4 is 11.1 Å². The van der Waals surface area contributed by atoms with E-state index in [1.807, 2.05) is 38.1 Å². The SMILES string of the molecule is CCO[S@](=O)c1ccc(C)cc1. The van der Waals surface area contributed by atoms with E-state index in [1.54, 1.807) is 0 Å². The van der Waals surface area contributed by atoms with Gasteiger partial charge in [-0.2, -0.15) is 0 Å². The molecule has 1 rings (SSSR count). The van der Waals surface area contributed by atoms with Crippen LogP contribution in [-0.4, -0.2) is 10.8 Å². The molecule has 0 fully saturated rings. The molecule has 0 aliphatic carbocycles. The molecule has 1 aromatic rings. The number of hydrogen-bond donors (Lipinski definition) is 0. The molecule has 0 aliphatic rings. The van der Waals surface area contributed by atoms with E-state index < -0.39 is 11.1 Å². The summed E-state index contributed by atoms with van der Waals surface area (Å²) in [5, 5.41) is 0. The van der Waals surface area contributed by atoms with Gasteiger partial charge >= 0.3 is 0 Å². The minimum Gasteiger partial charge on any atom is -0.287 e. The van der Waals surface area contributed by atoms with Crippen molar-refractivity contribution in [3.8, 4) is 0 Å². The van der Waals surface area contributed by atoms with Gasteiger partial charge in [-0.05, 0) is 26.0 Å². The van der Waals surface area contributed by atoms with Crippen molar-refractivity contribution in [1.82, 2.24) is 0 Å². The molecule has 0 amide bonds. The zero-order chi connectivity index (χ0) is 8.97. The van der Waals surface area contributed by atoms with Crippen LogP contribution in [0.3, 0.4) is 0 Å². The predicted molar refractivity (Wildman–Crippen MR) is 49.2 cm³/mol. The van der Waals surface area contributed by atoms with Crippen LogP contribution in [0.2, 0.25) is 0 Å². The fraction of sp³-hybridized carbons (Fsp3) is 0.333. The highest BCUT2D eigenvalue weighted by Crippen LogP contribution is 2.08. The van der Waals surface area contributed by atoms with Crippen LogP contribution in [0.1, 0.15) is 12.5 Å². The Balaban J connectivity index is 2.75. The van der Waals surface area contributed by atoms with Gasteiger partial charge in [0.15, 0.2) is 11.1 Å². The summed E-state index contributed by atoms with van der Waals surface area (Å²) in [5.74, 6) is 0. The van der Waals surface area contributed by atoms with Crippen LogP contribution in [-0.2, 0) is 15.3 Å². The van der Waals surface area contributed by atoms with Gasteiger partial charge in [0.1, 0.15) is 0 Å². The normalized spacial score (nSPS) is 12.8. The topological polar surface area (TPSA) is 26.3 Å². The molecule has 0 N–H and O–H groups in total. The highest BCUT2D eigenvalue weighted by atomic mass is 32.2. The molecule has 0 radical (unpaired) electrons. The first-order chi connectivity index (χ1) is 5.74. The third-order valence-corrected chi connectivity index (χ3v) is 2.55. The van der Waals surface area contributed by atoms with Crippen LogP contribution in [0.4, 0.5) is 0 Å². The first kappa shape index (κ1) is 9.42. The third kappa shape index (κ3) is 2.43. The molecule has 0 saturated carbocycles. The molecular weight excluding hydrogens is 172 g/mol. The van der Waals surface area contributed by atoms with E-state index in [0.717, 1.165) is 10.5 Å². The lowest BCUT2D eigenvalue weighted by Gasteiger charge is -2.00. The van der Waals surface area contributed by atoms with Crippen molar-refractivity contribution in [3.63, 3.8) is 0 Å². The molecule has 1 aromatic carbocycles. The molecule has 66 valence electrons. The molecule has 0 spiro atoms. The molecular formula is C9H12O2S. The lowest BCUT2D eigenvalue weighted by Crippen LogP contribution is -1.96. The second kappa shape index (κ2) is 4.38. The average Bonchev–Trinajstić information content (AvgIpc) is 2.06. The summed E-state index contributed by atoms with van der Waals surface area (Å²) < 4.78 is 16.2. The molecule has 12 heavy (non-hydrogen) atoms. The molecule has 0 bridgehead atoms. The van der Waals surface area contributed by atoms with Crippen molar-refractivity contribution in [1.29, 1.82) is 0 Å². The first-order valence-electron chi connectivity index (χ1n) is 3.85. The van der Waals surface area contributed by atoms with E-state index in [1.165, 1.54) is 0 Å². The number of aryl methyl sites for hydroxylation is 1. The van der Waals surface area contributed by atoms with Gasteiger partial charge in [-0.15, -0.1) is 0 Å². The standard InChI is InChI=1S/C9H12O2S/c1-3-11-12(10)9-6-4-8(2)5-7-9/h4-7H,3H2,1-2H3/t12-/m0/s1. The van der Waals surface area contributed by atoms with E-state index in [9.17, 15) is 4.21 Å². The minimum atomic E-state index is -1.29. The Bertz CT molecular complexity index is 266. The summed E-state index contributed by atoms with van der Waals surface area (Å²) in [6, 6.07) is 7.49. The summed E-state index contributed by atoms with van der Waals surface area (Å²) in [6.07, 6.45) is 0. The zero-order valence-corrected chi connectivity index (χ0v) is 8.06. The second-order valence-electron chi connectivity index (χ2n) is 2.45. The fourth-order valence-corrected chi connectivity index (χ4v) is 1.53. The number of rotatable bonds is 3. The summed E-state index contributed by atoms with van der Waals surface area (Å²) in [4.78, 5) is 0.724. The van der Waals surface area contributed by atoms with Gasteiger partial charge in [0.05, 0.1) is 11.5 Å². The largest absolute Gasteiger partial charge is 0.287 e. The van der Waals surface area contributed by atoms with Gasteiger partial charge in [0, 0.05) is 0 Å². The van der Waals surface area contributed by atoms with Crippen molar-refractivity contribution in [3.05, 3.63) is 29.8 Å². The Morgan fingerprint density at radius 2 is 1.92 bits per heavy atom. The number of hydrogen-bond acceptors (Lipinski definition) is 2. The Labute approximate surface area is 75.2 Å². The summed E-state index contributed by atoms with van der Waals surface area (Å²) in [6.45, 7) is 4.29. The van der Waals surface area contributed by atoms with Crippen LogP contribution in [0.5, 0.6) is 0 Å². The predicted octanol–water partition coefficient (Wildman–Crippen LogP) is 2.05. The Hall–Kier alpha value is -0.670. The molecule has 0 aliphatic heterocycles. The van der Waals surface area contributed by atoms with E-state index in [4.69, 9.17) is 4.18 Å². The van der Waals surface area contributed by atoms with Gasteiger partial charge in [-0.1, -0.05) is 17.7 Å². The van der Waals surface area contributed by atoms with Gasteiger partial charge in [-0.3, -0.25) is 4.18 Å². The molecule has 3 heteroatoms. The van der Waals surface area contributed by atoms with Crippen LogP contribution in [0.25, 0.3) is 0 Å². The van der Waals surface area contributed by atoms with Crippen LogP contribution < -0.4 is 0 Å². The fourth-order valence-electron chi connectivity index (χ4n) is 0.824. The van der Waals surface area contributed by atoms with E-state index in [2.05, 4.69) is 0 Å². The minimum absolute atomic E-state index is 0.473. The number of benzene rings is 1. The maximum atomic E-state index is 11.2. The zero-order valence-electron chi connectivity index (χ0n) is 7.24. The van der Waals surface area contributed by atoms with E-state index in [-0.39, 0.29) is 0 Å². The molecule has 1 atom stereocenters. The van der Waals surface area contributed by atoms with Gasteiger partial charge in [0.25, 0.3) is 0 Å². The molecule has 0 unspecified atom stereocenters. The smallest absolute Gasteiger partial charge is 0.189 e. The average molecular weight is 184 g/mol. The molecule has 0 heterocycles. The van der Waals surface area contributed by atoms with Crippen LogP contribution >= 0.6 is 0 Å². The Morgan fingerprint density at radius 3 is 2.42 bits per heavy atom. The van der Waals surface area contributed by atoms with Crippen molar-refractivity contribution in [2.45, 2.75) is 18.7 Å². The second-order valence-corrected chi connectivity index (χ2v) is 3.63. The highest BCUT2D eigenvalue weighted by Gasteiger charge is 2.01. The van der Waals surface area contributed by atoms with E-state index >= 15 is 0 Å². The summed E-state index contributed by atoms with van der Waals surface area (Å²) >= 11 is -1.29. The monoisotopic (exact) mass is 184 g/mol. The van der Waals surface area contributed by atoms with Crippen molar-refractivity contribution < 1.29 is 8.39 Å². The lowest BCUT2D eigenvalue weighted by molar-refractivity contribution is 0.371. The molecule has 2 nitrogen and oxygen atoms in total. The van der Waals surface area contributed by atoms with Gasteiger partial charge in [0.2, 0.25) is 0 Å².